The number of nitrogens with one attached hydrogen (secondary N) is 2. The van der Waals surface area contributed by atoms with Gasteiger partial charge in [0.15, 0.2) is 5.13 Å². The smallest absolute Gasteiger partial charge is 0.211 e. The molecule has 0 saturated heterocycles. The van der Waals surface area contributed by atoms with Gasteiger partial charge in [0.1, 0.15) is 5.69 Å². The summed E-state index contributed by atoms with van der Waals surface area (Å²) in [6, 6.07) is 5.83. The summed E-state index contributed by atoms with van der Waals surface area (Å²) in [6.45, 7) is 3.17. The number of hydrogen-bond donors (Lipinski definition) is 2. The Morgan fingerprint density at radius 3 is 2.50 bits per heavy atom. The van der Waals surface area contributed by atoms with E-state index in [1.807, 2.05) is 23.6 Å². The van der Waals surface area contributed by atoms with Crippen molar-refractivity contribution in [3.8, 4) is 11.4 Å². The first-order valence-corrected chi connectivity index (χ1v) is 11.7. The number of thiazole rings is 1. The van der Waals surface area contributed by atoms with Crippen molar-refractivity contribution in [2.24, 2.45) is 11.8 Å². The molecule has 0 radical (unpaired) electrons. The fourth-order valence-corrected chi connectivity index (χ4v) is 4.61. The lowest BCUT2D eigenvalue weighted by atomic mass is 9.82. The lowest BCUT2D eigenvalue weighted by Crippen LogP contribution is -2.33. The maximum Gasteiger partial charge on any atom is 0.211 e. The van der Waals surface area contributed by atoms with E-state index in [2.05, 4.69) is 20.0 Å². The Labute approximate surface area is 159 Å². The second-order valence-electron chi connectivity index (χ2n) is 6.77. The summed E-state index contributed by atoms with van der Waals surface area (Å²) in [5, 5.41) is 6.42. The number of hydrogen-bond acceptors (Lipinski definition) is 6. The largest absolute Gasteiger partial charge is 0.361 e. The Balaban J connectivity index is 1.41. The molecule has 2 heterocycles. The van der Waals surface area contributed by atoms with Crippen molar-refractivity contribution in [2.75, 3.05) is 24.2 Å². The van der Waals surface area contributed by atoms with E-state index in [1.165, 1.54) is 0 Å². The average Bonchev–Trinajstić information content (AvgIpc) is 3.15. The van der Waals surface area contributed by atoms with E-state index >= 15 is 0 Å². The first-order chi connectivity index (χ1) is 12.6. The van der Waals surface area contributed by atoms with Crippen molar-refractivity contribution in [3.63, 3.8) is 0 Å². The summed E-state index contributed by atoms with van der Waals surface area (Å²) in [5.74, 6) is 1.24. The lowest BCUT2D eigenvalue weighted by Gasteiger charge is -2.28. The zero-order chi connectivity index (χ0) is 18.4. The number of pyridine rings is 1. The molecule has 6 nitrogen and oxygen atoms in total. The molecule has 0 spiro atoms. The van der Waals surface area contributed by atoms with E-state index in [1.54, 1.807) is 24.5 Å². The van der Waals surface area contributed by atoms with E-state index in [-0.39, 0.29) is 5.75 Å². The van der Waals surface area contributed by atoms with Crippen LogP contribution in [0.15, 0.2) is 29.8 Å². The number of nitrogens with zero attached hydrogens (tertiary/aromatic N) is 2. The zero-order valence-electron chi connectivity index (χ0n) is 15.0. The van der Waals surface area contributed by atoms with Crippen LogP contribution < -0.4 is 10.0 Å². The van der Waals surface area contributed by atoms with Gasteiger partial charge in [-0.1, -0.05) is 6.07 Å². The molecule has 3 rings (SSSR count). The van der Waals surface area contributed by atoms with E-state index in [4.69, 9.17) is 0 Å². The Bertz CT molecular complexity index is 785. The van der Waals surface area contributed by atoms with Gasteiger partial charge in [-0.25, -0.2) is 18.1 Å². The number of aromatic nitrogens is 2. The molecule has 1 fully saturated rings. The molecule has 26 heavy (non-hydrogen) atoms. The van der Waals surface area contributed by atoms with Gasteiger partial charge < -0.3 is 5.32 Å². The maximum absolute atomic E-state index is 11.5. The van der Waals surface area contributed by atoms with Crippen LogP contribution in [0.2, 0.25) is 0 Å². The summed E-state index contributed by atoms with van der Waals surface area (Å²) in [7, 11) is -3.07. The van der Waals surface area contributed by atoms with Gasteiger partial charge in [0.05, 0.1) is 11.4 Å². The third-order valence-electron chi connectivity index (χ3n) is 4.91. The van der Waals surface area contributed by atoms with Gasteiger partial charge in [0.25, 0.3) is 0 Å². The summed E-state index contributed by atoms with van der Waals surface area (Å²) < 4.78 is 25.8. The number of sulfonamides is 1. The lowest BCUT2D eigenvalue weighted by molar-refractivity contribution is 0.284. The van der Waals surface area contributed by atoms with Crippen molar-refractivity contribution in [3.05, 3.63) is 29.8 Å². The molecule has 2 aromatic rings. The highest BCUT2D eigenvalue weighted by molar-refractivity contribution is 7.89. The third-order valence-corrected chi connectivity index (χ3v) is 7.08. The zero-order valence-corrected chi connectivity index (χ0v) is 16.7. The maximum atomic E-state index is 11.5. The molecule has 0 amide bonds. The first-order valence-electron chi connectivity index (χ1n) is 9.14. The van der Waals surface area contributed by atoms with Gasteiger partial charge in [-0.3, -0.25) is 4.98 Å². The van der Waals surface area contributed by atoms with Crippen LogP contribution in [0.3, 0.4) is 0 Å². The second-order valence-corrected chi connectivity index (χ2v) is 9.73. The minimum atomic E-state index is -3.07. The minimum Gasteiger partial charge on any atom is -0.361 e. The average molecular weight is 395 g/mol. The van der Waals surface area contributed by atoms with E-state index in [0.29, 0.717) is 18.4 Å². The third kappa shape index (κ3) is 5.49. The van der Waals surface area contributed by atoms with Crippen LogP contribution in [0, 0.1) is 11.8 Å². The van der Waals surface area contributed by atoms with Gasteiger partial charge in [-0.15, -0.1) is 11.3 Å². The van der Waals surface area contributed by atoms with Crippen LogP contribution in [-0.2, 0) is 10.0 Å². The summed E-state index contributed by atoms with van der Waals surface area (Å²) >= 11 is 1.61. The molecule has 0 atom stereocenters. The highest BCUT2D eigenvalue weighted by Crippen LogP contribution is 2.29. The first kappa shape index (κ1) is 19.3. The van der Waals surface area contributed by atoms with E-state index in [9.17, 15) is 8.42 Å². The number of rotatable bonds is 8. The molecule has 142 valence electrons. The molecule has 1 aliphatic carbocycles. The molecular formula is C18H26N4O2S2. The molecule has 2 N–H and O–H groups in total. The van der Waals surface area contributed by atoms with Gasteiger partial charge in [0, 0.05) is 24.7 Å². The van der Waals surface area contributed by atoms with Crippen LogP contribution in [0.4, 0.5) is 5.13 Å². The van der Waals surface area contributed by atoms with Crippen molar-refractivity contribution >= 4 is 26.5 Å². The fraction of sp³-hybridized carbons (Fsp3) is 0.556. The van der Waals surface area contributed by atoms with Crippen LogP contribution in [-0.4, -0.2) is 37.2 Å². The highest BCUT2D eigenvalue weighted by atomic mass is 32.2. The van der Waals surface area contributed by atoms with Crippen molar-refractivity contribution in [1.29, 1.82) is 0 Å². The SMILES string of the molecule is CCS(=O)(=O)NCC1CCC(CNc2nc(-c3ccccn3)cs2)CC1. The van der Waals surface area contributed by atoms with Gasteiger partial charge in [-0.2, -0.15) is 0 Å². The van der Waals surface area contributed by atoms with Gasteiger partial charge in [0.2, 0.25) is 10.0 Å². The van der Waals surface area contributed by atoms with Crippen molar-refractivity contribution < 1.29 is 8.42 Å². The summed E-state index contributed by atoms with van der Waals surface area (Å²) in [5.41, 5.74) is 1.80. The standard InChI is InChI=1S/C18H26N4O2S2/c1-2-26(23,24)21-12-15-8-6-14(7-9-15)11-20-18-22-17(13-25-18)16-5-3-4-10-19-16/h3-5,10,13-15,21H,2,6-9,11-12H2,1H3,(H,20,22). The quantitative estimate of drug-likeness (QED) is 0.717. The van der Waals surface area contributed by atoms with Crippen LogP contribution in [0.25, 0.3) is 11.4 Å². The Hall–Kier alpha value is -1.51. The molecular weight excluding hydrogens is 368 g/mol. The predicted octanol–water partition coefficient (Wildman–Crippen LogP) is 3.36. The molecule has 0 aliphatic heterocycles. The topological polar surface area (TPSA) is 84.0 Å². The van der Waals surface area contributed by atoms with E-state index in [0.717, 1.165) is 48.7 Å². The van der Waals surface area contributed by atoms with Gasteiger partial charge in [-0.05, 0) is 56.6 Å². The molecule has 1 saturated carbocycles. The molecule has 1 aliphatic rings. The molecule has 8 heteroatoms. The fourth-order valence-electron chi connectivity index (χ4n) is 3.21. The second kappa shape index (κ2) is 8.92. The predicted molar refractivity (Wildman–Crippen MR) is 107 cm³/mol. The van der Waals surface area contributed by atoms with Crippen LogP contribution >= 0.6 is 11.3 Å². The van der Waals surface area contributed by atoms with E-state index < -0.39 is 10.0 Å². The Kier molecular flexibility index (Phi) is 6.61. The monoisotopic (exact) mass is 394 g/mol. The summed E-state index contributed by atoms with van der Waals surface area (Å²) in [6.07, 6.45) is 6.19. The van der Waals surface area contributed by atoms with Crippen molar-refractivity contribution in [2.45, 2.75) is 32.6 Å². The minimum absolute atomic E-state index is 0.153. The Morgan fingerprint density at radius 2 is 1.85 bits per heavy atom. The van der Waals surface area contributed by atoms with Crippen LogP contribution in [0.1, 0.15) is 32.6 Å². The normalized spacial score (nSPS) is 20.8. The summed E-state index contributed by atoms with van der Waals surface area (Å²) in [4.78, 5) is 8.94. The van der Waals surface area contributed by atoms with Gasteiger partial charge >= 0.3 is 0 Å². The molecule has 0 unspecified atom stereocenters. The highest BCUT2D eigenvalue weighted by Gasteiger charge is 2.22. The number of anilines is 1. The molecule has 0 aromatic carbocycles. The Morgan fingerprint density at radius 1 is 1.12 bits per heavy atom. The molecule has 0 bridgehead atoms. The van der Waals surface area contributed by atoms with Crippen molar-refractivity contribution in [1.82, 2.24) is 14.7 Å². The molecule has 2 aromatic heterocycles. The van der Waals surface area contributed by atoms with Crippen LogP contribution in [0.5, 0.6) is 0 Å².